The van der Waals surface area contributed by atoms with Crippen molar-refractivity contribution >= 4 is 22.6 Å². The minimum Gasteiger partial charge on any atom is -0.346 e. The van der Waals surface area contributed by atoms with Gasteiger partial charge in [0.25, 0.3) is 5.56 Å². The largest absolute Gasteiger partial charge is 0.346 e. The molecule has 4 rings (SSSR count). The molecule has 0 atom stereocenters. The Labute approximate surface area is 165 Å². The van der Waals surface area contributed by atoms with Gasteiger partial charge in [0.15, 0.2) is 0 Å². The molecule has 0 aliphatic heterocycles. The summed E-state index contributed by atoms with van der Waals surface area (Å²) in [7, 11) is 1.54. The average molecular weight is 398 g/mol. The van der Waals surface area contributed by atoms with E-state index in [1.165, 1.54) is 23.9 Å². The number of nitrogens with zero attached hydrogens (tertiary/aromatic N) is 4. The Morgan fingerprint density at radius 3 is 2.68 bits per heavy atom. The molecule has 0 unspecified atom stereocenters. The summed E-state index contributed by atoms with van der Waals surface area (Å²) in [6.45, 7) is 0. The van der Waals surface area contributed by atoms with Crippen LogP contribution in [0.2, 0.25) is 5.02 Å². The first kappa shape index (κ1) is 18.3. The monoisotopic (exact) mass is 397 g/mol. The molecule has 0 bridgehead atoms. The molecule has 0 radical (unpaired) electrons. The minimum atomic E-state index is -0.429. The van der Waals surface area contributed by atoms with Crippen LogP contribution in [0.15, 0.2) is 47.9 Å². The third-order valence-electron chi connectivity index (χ3n) is 4.58. The number of pyridine rings is 2. The number of hydrogen-bond donors (Lipinski definition) is 1. The van der Waals surface area contributed by atoms with E-state index in [0.717, 1.165) is 22.2 Å². The van der Waals surface area contributed by atoms with Crippen LogP contribution in [-0.4, -0.2) is 24.5 Å². The van der Waals surface area contributed by atoms with Gasteiger partial charge in [-0.1, -0.05) is 11.6 Å². The van der Waals surface area contributed by atoms with Crippen LogP contribution in [0.4, 0.5) is 4.39 Å². The summed E-state index contributed by atoms with van der Waals surface area (Å²) in [5.41, 5.74) is 3.01. The fourth-order valence-corrected chi connectivity index (χ4v) is 3.32. The van der Waals surface area contributed by atoms with Crippen LogP contribution in [0.25, 0.3) is 11.0 Å². The van der Waals surface area contributed by atoms with Crippen molar-refractivity contribution in [3.63, 3.8) is 0 Å². The van der Waals surface area contributed by atoms with Gasteiger partial charge in [0.05, 0.1) is 5.02 Å². The number of rotatable bonds is 5. The molecule has 0 aliphatic rings. The maximum atomic E-state index is 13.5. The highest BCUT2D eigenvalue weighted by atomic mass is 35.5. The summed E-state index contributed by atoms with van der Waals surface area (Å²) in [6.07, 6.45) is 9.71. The zero-order chi connectivity index (χ0) is 19.7. The van der Waals surface area contributed by atoms with Crippen LogP contribution in [0.1, 0.15) is 22.5 Å². The van der Waals surface area contributed by atoms with Crippen molar-refractivity contribution < 1.29 is 4.39 Å². The van der Waals surface area contributed by atoms with Crippen LogP contribution in [-0.2, 0) is 26.3 Å². The van der Waals surface area contributed by atoms with Gasteiger partial charge >= 0.3 is 0 Å². The van der Waals surface area contributed by atoms with E-state index in [1.807, 2.05) is 12.3 Å². The standard InChI is InChI=1S/C20H17ClFN5O/c1-27-11-16(22)5-13(20(27)28)2-3-18-23-7-12(8-24-18)4-14-9-25-19-17(14)6-15(21)10-26-19/h5-11H,2-4H2,1H3,(H,25,26). The molecule has 0 spiro atoms. The average Bonchev–Trinajstić information content (AvgIpc) is 3.06. The Morgan fingerprint density at radius 2 is 1.89 bits per heavy atom. The van der Waals surface area contributed by atoms with Gasteiger partial charge in [-0.2, -0.15) is 0 Å². The molecule has 0 saturated heterocycles. The number of halogens is 2. The summed E-state index contributed by atoms with van der Waals surface area (Å²) in [6, 6.07) is 3.15. The number of aromatic nitrogens is 5. The van der Waals surface area contributed by atoms with E-state index in [0.29, 0.717) is 35.7 Å². The van der Waals surface area contributed by atoms with E-state index in [1.54, 1.807) is 18.6 Å². The fourth-order valence-electron chi connectivity index (χ4n) is 3.16. The number of H-pyrrole nitrogens is 1. The Bertz CT molecular complexity index is 1200. The predicted molar refractivity (Wildman–Crippen MR) is 105 cm³/mol. The SMILES string of the molecule is Cn1cc(F)cc(CCc2ncc(Cc3c[nH]c4ncc(Cl)cc34)cn2)c1=O. The second kappa shape index (κ2) is 7.52. The lowest BCUT2D eigenvalue weighted by molar-refractivity contribution is 0.599. The van der Waals surface area contributed by atoms with Gasteiger partial charge in [-0.15, -0.1) is 0 Å². The molecule has 4 aromatic rings. The second-order valence-corrected chi connectivity index (χ2v) is 7.08. The molecule has 8 heteroatoms. The highest BCUT2D eigenvalue weighted by Gasteiger charge is 2.09. The number of hydrogen-bond acceptors (Lipinski definition) is 4. The summed E-state index contributed by atoms with van der Waals surface area (Å²) in [5.74, 6) is 0.181. The fraction of sp³-hybridized carbons (Fsp3) is 0.200. The first-order valence-corrected chi connectivity index (χ1v) is 9.14. The van der Waals surface area contributed by atoms with E-state index < -0.39 is 5.82 Å². The highest BCUT2D eigenvalue weighted by Crippen LogP contribution is 2.22. The van der Waals surface area contributed by atoms with Gasteiger partial charge in [0, 0.05) is 61.8 Å². The Morgan fingerprint density at radius 1 is 1.11 bits per heavy atom. The molecule has 28 heavy (non-hydrogen) atoms. The zero-order valence-electron chi connectivity index (χ0n) is 15.1. The summed E-state index contributed by atoms with van der Waals surface area (Å²) in [5, 5.41) is 1.56. The van der Waals surface area contributed by atoms with Crippen molar-refractivity contribution in [2.24, 2.45) is 7.05 Å². The van der Waals surface area contributed by atoms with Crippen LogP contribution in [0.5, 0.6) is 0 Å². The highest BCUT2D eigenvalue weighted by molar-refractivity contribution is 6.31. The van der Waals surface area contributed by atoms with E-state index in [4.69, 9.17) is 11.6 Å². The molecule has 1 N–H and O–H groups in total. The predicted octanol–water partition coefficient (Wildman–Crippen LogP) is 3.22. The Balaban J connectivity index is 1.47. The molecular weight excluding hydrogens is 381 g/mol. The molecule has 0 amide bonds. The van der Waals surface area contributed by atoms with Crippen molar-refractivity contribution in [1.29, 1.82) is 0 Å². The molecule has 0 fully saturated rings. The Hall–Kier alpha value is -3.06. The third kappa shape index (κ3) is 3.80. The number of fused-ring (bicyclic) bond motifs is 1. The van der Waals surface area contributed by atoms with Crippen molar-refractivity contribution in [2.75, 3.05) is 0 Å². The van der Waals surface area contributed by atoms with Crippen LogP contribution in [0.3, 0.4) is 0 Å². The molecular formula is C20H17ClFN5O. The minimum absolute atomic E-state index is 0.204. The van der Waals surface area contributed by atoms with Crippen LogP contribution in [0, 0.1) is 5.82 Å². The lowest BCUT2D eigenvalue weighted by Gasteiger charge is -2.05. The molecule has 142 valence electrons. The maximum Gasteiger partial charge on any atom is 0.253 e. The first-order chi connectivity index (χ1) is 13.5. The van der Waals surface area contributed by atoms with E-state index >= 15 is 0 Å². The lowest BCUT2D eigenvalue weighted by atomic mass is 10.1. The van der Waals surface area contributed by atoms with Gasteiger partial charge in [0.2, 0.25) is 0 Å². The first-order valence-electron chi connectivity index (χ1n) is 8.76. The van der Waals surface area contributed by atoms with Gasteiger partial charge in [-0.25, -0.2) is 19.3 Å². The van der Waals surface area contributed by atoms with E-state index in [-0.39, 0.29) is 5.56 Å². The quantitative estimate of drug-likeness (QED) is 0.561. The molecule has 6 nitrogen and oxygen atoms in total. The van der Waals surface area contributed by atoms with Crippen molar-refractivity contribution in [3.05, 3.63) is 86.8 Å². The number of nitrogens with one attached hydrogen (secondary N) is 1. The van der Waals surface area contributed by atoms with Gasteiger partial charge < -0.3 is 9.55 Å². The Kier molecular flexibility index (Phi) is 4.92. The van der Waals surface area contributed by atoms with E-state index in [2.05, 4.69) is 19.9 Å². The van der Waals surface area contributed by atoms with Crippen molar-refractivity contribution in [3.8, 4) is 0 Å². The smallest absolute Gasteiger partial charge is 0.253 e. The lowest BCUT2D eigenvalue weighted by Crippen LogP contribution is -2.21. The van der Waals surface area contributed by atoms with Gasteiger partial charge in [-0.05, 0) is 29.7 Å². The molecule has 0 saturated carbocycles. The number of aromatic amines is 1. The topological polar surface area (TPSA) is 76.5 Å². The van der Waals surface area contributed by atoms with E-state index in [9.17, 15) is 9.18 Å². The summed E-state index contributed by atoms with van der Waals surface area (Å²) < 4.78 is 14.7. The normalized spacial score (nSPS) is 11.2. The van der Waals surface area contributed by atoms with Crippen LogP contribution < -0.4 is 5.56 Å². The maximum absolute atomic E-state index is 13.5. The summed E-state index contributed by atoms with van der Waals surface area (Å²) in [4.78, 5) is 28.2. The zero-order valence-corrected chi connectivity index (χ0v) is 15.9. The van der Waals surface area contributed by atoms with Gasteiger partial charge in [-0.3, -0.25) is 4.79 Å². The second-order valence-electron chi connectivity index (χ2n) is 6.65. The number of aryl methyl sites for hydroxylation is 3. The van der Waals surface area contributed by atoms with Crippen LogP contribution >= 0.6 is 11.6 Å². The third-order valence-corrected chi connectivity index (χ3v) is 4.79. The van der Waals surface area contributed by atoms with Crippen molar-refractivity contribution in [1.82, 2.24) is 24.5 Å². The summed E-state index contributed by atoms with van der Waals surface area (Å²) >= 11 is 6.04. The molecule has 0 aromatic carbocycles. The van der Waals surface area contributed by atoms with Crippen molar-refractivity contribution in [2.45, 2.75) is 19.3 Å². The molecule has 4 heterocycles. The molecule has 0 aliphatic carbocycles. The van der Waals surface area contributed by atoms with Gasteiger partial charge in [0.1, 0.15) is 17.3 Å². The molecule has 4 aromatic heterocycles.